The molecule has 6 heteroatoms. The second-order valence-corrected chi connectivity index (χ2v) is 6.67. The van der Waals surface area contributed by atoms with Gasteiger partial charge in [0.2, 0.25) is 0 Å². The van der Waals surface area contributed by atoms with E-state index in [9.17, 15) is 4.79 Å². The zero-order valence-corrected chi connectivity index (χ0v) is 15.1. The van der Waals surface area contributed by atoms with Gasteiger partial charge in [-0.15, -0.1) is 0 Å². The van der Waals surface area contributed by atoms with Crippen molar-refractivity contribution in [3.05, 3.63) is 78.1 Å². The molecule has 1 fully saturated rings. The molecule has 1 aliphatic heterocycles. The van der Waals surface area contributed by atoms with E-state index < -0.39 is 0 Å². The van der Waals surface area contributed by atoms with Crippen LogP contribution in [0.2, 0.25) is 0 Å². The summed E-state index contributed by atoms with van der Waals surface area (Å²) in [5.41, 5.74) is 1.76. The van der Waals surface area contributed by atoms with Crippen molar-refractivity contribution < 1.29 is 9.53 Å². The summed E-state index contributed by atoms with van der Waals surface area (Å²) in [6, 6.07) is 17.7. The molecule has 0 spiro atoms. The van der Waals surface area contributed by atoms with Crippen LogP contribution in [0.5, 0.6) is 5.75 Å². The highest BCUT2D eigenvalue weighted by molar-refractivity contribution is 5.94. The minimum Gasteiger partial charge on any atom is -0.489 e. The second-order valence-electron chi connectivity index (χ2n) is 6.67. The van der Waals surface area contributed by atoms with Gasteiger partial charge in [0.05, 0.1) is 18.4 Å². The number of benzene rings is 2. The summed E-state index contributed by atoms with van der Waals surface area (Å²) in [5.74, 6) is 0.757. The number of rotatable bonds is 5. The molecule has 1 saturated heterocycles. The Morgan fingerprint density at radius 3 is 2.48 bits per heavy atom. The zero-order chi connectivity index (χ0) is 18.5. The third-order valence-corrected chi connectivity index (χ3v) is 4.84. The fourth-order valence-corrected chi connectivity index (χ4v) is 3.36. The molecule has 27 heavy (non-hydrogen) atoms. The van der Waals surface area contributed by atoms with Gasteiger partial charge in [-0.2, -0.15) is 15.0 Å². The van der Waals surface area contributed by atoms with E-state index >= 15 is 0 Å². The number of carbonyl (C=O) groups excluding carboxylic acids is 1. The lowest BCUT2D eigenvalue weighted by Crippen LogP contribution is -2.39. The second kappa shape index (κ2) is 8.03. The number of nitrogens with zero attached hydrogens (tertiary/aromatic N) is 4. The maximum absolute atomic E-state index is 12.9. The van der Waals surface area contributed by atoms with Gasteiger partial charge in [0.1, 0.15) is 12.4 Å². The number of ether oxygens (including phenoxy) is 1. The van der Waals surface area contributed by atoms with E-state index in [2.05, 4.69) is 10.2 Å². The number of carbonyl (C=O) groups is 1. The summed E-state index contributed by atoms with van der Waals surface area (Å²) >= 11 is 0. The monoisotopic (exact) mass is 362 g/mol. The van der Waals surface area contributed by atoms with E-state index in [4.69, 9.17) is 4.74 Å². The first kappa shape index (κ1) is 17.3. The predicted octanol–water partition coefficient (Wildman–Crippen LogP) is 3.33. The summed E-state index contributed by atoms with van der Waals surface area (Å²) in [6.45, 7) is 1.90. The van der Waals surface area contributed by atoms with Gasteiger partial charge >= 0.3 is 0 Å². The van der Waals surface area contributed by atoms with Crippen molar-refractivity contribution in [2.75, 3.05) is 13.1 Å². The average molecular weight is 362 g/mol. The number of likely N-dealkylation sites (tertiary alicyclic amines) is 1. The van der Waals surface area contributed by atoms with Gasteiger partial charge in [-0.1, -0.05) is 36.4 Å². The van der Waals surface area contributed by atoms with Gasteiger partial charge in [0.25, 0.3) is 5.91 Å². The molecule has 0 radical (unpaired) electrons. The normalized spacial score (nSPS) is 14.9. The van der Waals surface area contributed by atoms with E-state index in [0.717, 1.165) is 18.4 Å². The Hall–Kier alpha value is -3.15. The van der Waals surface area contributed by atoms with Crippen molar-refractivity contribution in [3.8, 4) is 5.75 Å². The number of aromatic nitrogens is 3. The smallest absolute Gasteiger partial charge is 0.253 e. The van der Waals surface area contributed by atoms with Crippen LogP contribution < -0.4 is 4.74 Å². The molecule has 0 atom stereocenters. The lowest BCUT2D eigenvalue weighted by molar-refractivity contribution is 0.0683. The standard InChI is InChI=1S/C21H22N4O2/c26-21(24-13-9-19(10-14-24)25-22-11-12-23-25)18-7-4-8-20(15-18)27-16-17-5-2-1-3-6-17/h1-8,11-12,15,19H,9-10,13-14,16H2. The maximum Gasteiger partial charge on any atom is 0.253 e. The molecule has 138 valence electrons. The van der Waals surface area contributed by atoms with Crippen LogP contribution in [-0.2, 0) is 6.61 Å². The molecule has 0 unspecified atom stereocenters. The predicted molar refractivity (Wildman–Crippen MR) is 101 cm³/mol. The Labute approximate surface area is 158 Å². The summed E-state index contributed by atoms with van der Waals surface area (Å²) < 4.78 is 5.85. The summed E-state index contributed by atoms with van der Waals surface area (Å²) in [6.07, 6.45) is 5.12. The van der Waals surface area contributed by atoms with Crippen LogP contribution in [0.4, 0.5) is 0 Å². The topological polar surface area (TPSA) is 60.2 Å². The van der Waals surface area contributed by atoms with E-state index in [1.165, 1.54) is 0 Å². The lowest BCUT2D eigenvalue weighted by Gasteiger charge is -2.31. The van der Waals surface area contributed by atoms with Crippen LogP contribution in [0.15, 0.2) is 67.0 Å². The van der Waals surface area contributed by atoms with Crippen molar-refractivity contribution in [2.45, 2.75) is 25.5 Å². The first-order valence-corrected chi connectivity index (χ1v) is 9.21. The van der Waals surface area contributed by atoms with Crippen LogP contribution >= 0.6 is 0 Å². The van der Waals surface area contributed by atoms with E-state index in [0.29, 0.717) is 31.0 Å². The van der Waals surface area contributed by atoms with Crippen LogP contribution in [0, 0.1) is 0 Å². The van der Waals surface area contributed by atoms with Crippen molar-refractivity contribution in [2.24, 2.45) is 0 Å². The quantitative estimate of drug-likeness (QED) is 0.698. The first-order chi connectivity index (χ1) is 13.3. The number of hydrogen-bond donors (Lipinski definition) is 0. The van der Waals surface area contributed by atoms with Gasteiger partial charge in [0.15, 0.2) is 0 Å². The minimum atomic E-state index is 0.0482. The molecule has 0 N–H and O–H groups in total. The Balaban J connectivity index is 1.36. The molecule has 1 aromatic heterocycles. The number of piperidine rings is 1. The molecule has 2 heterocycles. The third-order valence-electron chi connectivity index (χ3n) is 4.84. The molecule has 0 saturated carbocycles. The van der Waals surface area contributed by atoms with E-state index in [1.807, 2.05) is 59.5 Å². The maximum atomic E-state index is 12.9. The van der Waals surface area contributed by atoms with Crippen LogP contribution in [-0.4, -0.2) is 38.9 Å². The zero-order valence-electron chi connectivity index (χ0n) is 15.1. The molecule has 1 amide bonds. The van der Waals surface area contributed by atoms with Gasteiger partial charge in [-0.25, -0.2) is 0 Å². The molecule has 0 bridgehead atoms. The van der Waals surface area contributed by atoms with Crippen molar-refractivity contribution in [1.82, 2.24) is 19.9 Å². The Kier molecular flexibility index (Phi) is 5.14. The molecule has 6 nitrogen and oxygen atoms in total. The van der Waals surface area contributed by atoms with Gasteiger partial charge < -0.3 is 9.64 Å². The van der Waals surface area contributed by atoms with Crippen molar-refractivity contribution >= 4 is 5.91 Å². The third kappa shape index (κ3) is 4.16. The molecule has 4 rings (SSSR count). The molecular formula is C21H22N4O2. The summed E-state index contributed by atoms with van der Waals surface area (Å²) in [4.78, 5) is 16.5. The highest BCUT2D eigenvalue weighted by Gasteiger charge is 2.25. The van der Waals surface area contributed by atoms with E-state index in [-0.39, 0.29) is 11.9 Å². The van der Waals surface area contributed by atoms with Gasteiger partial charge in [0, 0.05) is 18.7 Å². The van der Waals surface area contributed by atoms with Crippen molar-refractivity contribution in [3.63, 3.8) is 0 Å². The fraction of sp³-hybridized carbons (Fsp3) is 0.286. The largest absolute Gasteiger partial charge is 0.489 e. The summed E-state index contributed by atoms with van der Waals surface area (Å²) in [5, 5.41) is 8.42. The Morgan fingerprint density at radius 1 is 1.00 bits per heavy atom. The number of amides is 1. The van der Waals surface area contributed by atoms with Crippen molar-refractivity contribution in [1.29, 1.82) is 0 Å². The SMILES string of the molecule is O=C(c1cccc(OCc2ccccc2)c1)N1CCC(n2nccn2)CC1. The number of hydrogen-bond acceptors (Lipinski definition) is 4. The fourth-order valence-electron chi connectivity index (χ4n) is 3.36. The van der Waals surface area contributed by atoms with Gasteiger partial charge in [-0.05, 0) is 36.6 Å². The Bertz CT molecular complexity index is 872. The molecule has 2 aromatic carbocycles. The highest BCUT2D eigenvalue weighted by Crippen LogP contribution is 2.23. The van der Waals surface area contributed by atoms with Gasteiger partial charge in [-0.3, -0.25) is 4.79 Å². The lowest BCUT2D eigenvalue weighted by atomic mass is 10.0. The Morgan fingerprint density at radius 2 is 1.74 bits per heavy atom. The first-order valence-electron chi connectivity index (χ1n) is 9.21. The molecular weight excluding hydrogens is 340 g/mol. The summed E-state index contributed by atoms with van der Waals surface area (Å²) in [7, 11) is 0. The van der Waals surface area contributed by atoms with E-state index in [1.54, 1.807) is 17.2 Å². The molecule has 0 aliphatic carbocycles. The minimum absolute atomic E-state index is 0.0482. The average Bonchev–Trinajstić information content (AvgIpc) is 3.28. The van der Waals surface area contributed by atoms with Crippen LogP contribution in [0.1, 0.15) is 34.8 Å². The van der Waals surface area contributed by atoms with Crippen LogP contribution in [0.25, 0.3) is 0 Å². The molecule has 3 aromatic rings. The highest BCUT2D eigenvalue weighted by atomic mass is 16.5. The van der Waals surface area contributed by atoms with Crippen LogP contribution in [0.3, 0.4) is 0 Å². The molecule has 1 aliphatic rings.